The monoisotopic (exact) mass is 502 g/mol. The fourth-order valence-electron chi connectivity index (χ4n) is 5.66. The largest absolute Gasteiger partial charge is 0.460 e. The van der Waals surface area contributed by atoms with E-state index < -0.39 is 17.8 Å². The summed E-state index contributed by atoms with van der Waals surface area (Å²) in [6.45, 7) is 10.9. The van der Waals surface area contributed by atoms with Crippen molar-refractivity contribution in [2.45, 2.75) is 52.4 Å². The van der Waals surface area contributed by atoms with Gasteiger partial charge < -0.3 is 14.4 Å². The first-order valence-electron chi connectivity index (χ1n) is 13.4. The van der Waals surface area contributed by atoms with Gasteiger partial charge in [0.25, 0.3) is 0 Å². The lowest BCUT2D eigenvalue weighted by Crippen LogP contribution is -2.41. The predicted octanol–water partition coefficient (Wildman–Crippen LogP) is 5.69. The lowest BCUT2D eigenvalue weighted by Gasteiger charge is -2.38. The Hall–Kier alpha value is -3.25. The van der Waals surface area contributed by atoms with Gasteiger partial charge in [0.15, 0.2) is 0 Å². The van der Waals surface area contributed by atoms with E-state index in [0.29, 0.717) is 37.3 Å². The van der Waals surface area contributed by atoms with Crippen molar-refractivity contribution in [2.24, 2.45) is 10.9 Å². The molecule has 2 aromatic rings. The average molecular weight is 503 g/mol. The van der Waals surface area contributed by atoms with Crippen LogP contribution in [-0.4, -0.2) is 50.4 Å². The molecule has 0 N–H and O–H groups in total. The number of allylic oxidation sites excluding steroid dienone is 1. The lowest BCUT2D eigenvalue weighted by molar-refractivity contribution is -0.141. The third-order valence-electron chi connectivity index (χ3n) is 7.49. The first kappa shape index (κ1) is 26.8. The molecule has 1 aliphatic carbocycles. The Bertz CT molecular complexity index is 1150. The Labute approximate surface area is 220 Å². The fourth-order valence-corrected chi connectivity index (χ4v) is 5.66. The molecular formula is C31H38N2O4. The van der Waals surface area contributed by atoms with Gasteiger partial charge in [-0.2, -0.15) is 0 Å². The quantitative estimate of drug-likeness (QED) is 0.309. The van der Waals surface area contributed by atoms with Crippen molar-refractivity contribution in [3.8, 4) is 0 Å². The van der Waals surface area contributed by atoms with Crippen molar-refractivity contribution in [2.75, 3.05) is 37.8 Å². The van der Waals surface area contributed by atoms with E-state index in [-0.39, 0.29) is 18.3 Å². The minimum absolute atomic E-state index is 0.0990. The highest BCUT2D eigenvalue weighted by molar-refractivity contribution is 6.12. The van der Waals surface area contributed by atoms with Crippen LogP contribution in [0.3, 0.4) is 0 Å². The van der Waals surface area contributed by atoms with Crippen molar-refractivity contribution in [1.29, 1.82) is 0 Å². The summed E-state index contributed by atoms with van der Waals surface area (Å²) in [5.74, 6) is -1.07. The lowest BCUT2D eigenvalue weighted by atomic mass is 9.66. The number of ether oxygens (including phenoxy) is 2. The van der Waals surface area contributed by atoms with Crippen LogP contribution in [0, 0.1) is 5.92 Å². The number of carbonyl (C=O) groups is 2. The summed E-state index contributed by atoms with van der Waals surface area (Å²) < 4.78 is 10.9. The number of fused-ring (bicyclic) bond motifs is 1. The van der Waals surface area contributed by atoms with E-state index in [1.807, 2.05) is 32.0 Å². The van der Waals surface area contributed by atoms with E-state index in [1.54, 1.807) is 0 Å². The molecule has 6 heteroatoms. The van der Waals surface area contributed by atoms with Crippen molar-refractivity contribution >= 4 is 23.2 Å². The van der Waals surface area contributed by atoms with Gasteiger partial charge in [-0.1, -0.05) is 42.5 Å². The van der Waals surface area contributed by atoms with Crippen LogP contribution in [-0.2, 0) is 19.1 Å². The van der Waals surface area contributed by atoms with E-state index in [0.717, 1.165) is 35.6 Å². The highest BCUT2D eigenvalue weighted by Gasteiger charge is 2.46. The number of hydrogen-bond donors (Lipinski definition) is 0. The van der Waals surface area contributed by atoms with Crippen molar-refractivity contribution in [3.63, 3.8) is 0 Å². The van der Waals surface area contributed by atoms with Gasteiger partial charge in [-0.3, -0.25) is 9.79 Å². The summed E-state index contributed by atoms with van der Waals surface area (Å²) in [4.78, 5) is 34.3. The summed E-state index contributed by atoms with van der Waals surface area (Å²) in [6.07, 6.45) is 1.14. The Kier molecular flexibility index (Phi) is 8.93. The molecule has 1 heterocycles. The number of benzene rings is 2. The van der Waals surface area contributed by atoms with Gasteiger partial charge in [-0.05, 0) is 63.3 Å². The van der Waals surface area contributed by atoms with E-state index in [4.69, 9.17) is 14.5 Å². The van der Waals surface area contributed by atoms with Crippen molar-refractivity contribution in [1.82, 2.24) is 0 Å². The molecule has 4 rings (SSSR count). The minimum atomic E-state index is -0.461. The van der Waals surface area contributed by atoms with Gasteiger partial charge >= 0.3 is 5.97 Å². The van der Waals surface area contributed by atoms with Crippen LogP contribution >= 0.6 is 0 Å². The van der Waals surface area contributed by atoms with E-state index in [2.05, 4.69) is 55.1 Å². The molecule has 0 radical (unpaired) electrons. The van der Waals surface area contributed by atoms with Gasteiger partial charge in [0.05, 0.1) is 18.1 Å². The molecule has 3 atom stereocenters. The van der Waals surface area contributed by atoms with Crippen LogP contribution in [0.25, 0.3) is 0 Å². The third kappa shape index (κ3) is 5.85. The molecule has 196 valence electrons. The number of aliphatic imine (C=N–C) groups is 1. The van der Waals surface area contributed by atoms with Crippen molar-refractivity contribution < 1.29 is 19.1 Å². The Morgan fingerprint density at radius 3 is 2.27 bits per heavy atom. The maximum Gasteiger partial charge on any atom is 0.336 e. The second-order valence-electron chi connectivity index (χ2n) is 9.64. The second-order valence-corrected chi connectivity index (χ2v) is 9.64. The van der Waals surface area contributed by atoms with Gasteiger partial charge in [0.2, 0.25) is 0 Å². The average Bonchev–Trinajstić information content (AvgIpc) is 2.91. The molecule has 1 saturated carbocycles. The molecule has 1 aliphatic heterocycles. The second kappa shape index (κ2) is 12.3. The van der Waals surface area contributed by atoms with Crippen LogP contribution in [0.1, 0.15) is 63.5 Å². The van der Waals surface area contributed by atoms with Crippen LogP contribution in [0.15, 0.2) is 70.9 Å². The van der Waals surface area contributed by atoms with Gasteiger partial charge in [0.1, 0.15) is 12.4 Å². The van der Waals surface area contributed by atoms with Crippen LogP contribution in [0.2, 0.25) is 0 Å². The van der Waals surface area contributed by atoms with E-state index in [1.165, 1.54) is 0 Å². The molecule has 0 amide bonds. The smallest absolute Gasteiger partial charge is 0.336 e. The van der Waals surface area contributed by atoms with Crippen LogP contribution in [0.5, 0.6) is 0 Å². The third-order valence-corrected chi connectivity index (χ3v) is 7.49. The molecule has 1 fully saturated rings. The predicted molar refractivity (Wildman–Crippen MR) is 147 cm³/mol. The van der Waals surface area contributed by atoms with Crippen LogP contribution < -0.4 is 4.90 Å². The highest BCUT2D eigenvalue weighted by Crippen LogP contribution is 2.46. The summed E-state index contributed by atoms with van der Waals surface area (Å²) in [6, 6.07) is 18.4. The Morgan fingerprint density at radius 1 is 0.919 bits per heavy atom. The van der Waals surface area contributed by atoms with E-state index in [9.17, 15) is 9.59 Å². The molecule has 0 aromatic heterocycles. The molecule has 0 bridgehead atoms. The molecule has 0 spiro atoms. The fraction of sp³-hybridized carbons (Fsp3) is 0.452. The first-order chi connectivity index (χ1) is 18.0. The standard InChI is InChI=1S/C31H38N2O4/c1-5-33(6-2)25-15-13-23(14-16-25)29-28(31(35)37-18-17-36-7-3)21(4)32-26-19-24(20-27(34)30(26)29)22-11-9-8-10-12-22/h8-16,24,29-30H,5-7,17-20H2,1-4H3/t24-,29+,30?/m0/s1. The number of Topliss-reactive ketones (excluding diaryl/α,β-unsaturated/α-hetero) is 1. The summed E-state index contributed by atoms with van der Waals surface area (Å²) >= 11 is 0. The topological polar surface area (TPSA) is 68.2 Å². The summed E-state index contributed by atoms with van der Waals surface area (Å²) in [5, 5.41) is 0. The maximum absolute atomic E-state index is 13.8. The molecular weight excluding hydrogens is 464 g/mol. The van der Waals surface area contributed by atoms with Gasteiger partial charge in [0, 0.05) is 49.1 Å². The van der Waals surface area contributed by atoms with Crippen LogP contribution in [0.4, 0.5) is 5.69 Å². The number of esters is 1. The van der Waals surface area contributed by atoms with Gasteiger partial charge in [-0.15, -0.1) is 0 Å². The zero-order valence-electron chi connectivity index (χ0n) is 22.4. The first-order valence-corrected chi connectivity index (χ1v) is 13.4. The number of ketones is 1. The molecule has 37 heavy (non-hydrogen) atoms. The molecule has 2 aromatic carbocycles. The molecule has 1 unspecified atom stereocenters. The number of nitrogens with zero attached hydrogens (tertiary/aromatic N) is 2. The maximum atomic E-state index is 13.8. The van der Waals surface area contributed by atoms with Gasteiger partial charge in [-0.25, -0.2) is 4.79 Å². The normalized spacial score (nSPS) is 21.4. The SMILES string of the molecule is CCOCCOC(=O)C1=C(C)N=C2C[C@H](c3ccccc3)CC(=O)C2[C@@H]1c1ccc(N(CC)CC)cc1. The number of anilines is 1. The van der Waals surface area contributed by atoms with E-state index >= 15 is 0 Å². The summed E-state index contributed by atoms with van der Waals surface area (Å²) in [5.41, 5.74) is 5.19. The number of carbonyl (C=O) groups excluding carboxylic acids is 2. The molecule has 0 saturated heterocycles. The highest BCUT2D eigenvalue weighted by atomic mass is 16.6. The Morgan fingerprint density at radius 2 is 1.62 bits per heavy atom. The number of rotatable bonds is 10. The minimum Gasteiger partial charge on any atom is -0.460 e. The summed E-state index contributed by atoms with van der Waals surface area (Å²) in [7, 11) is 0. The molecule has 2 aliphatic rings. The zero-order chi connectivity index (χ0) is 26.4. The Balaban J connectivity index is 1.71. The van der Waals surface area contributed by atoms with Crippen molar-refractivity contribution in [3.05, 3.63) is 77.0 Å². The molecule has 6 nitrogen and oxygen atoms in total. The number of hydrogen-bond acceptors (Lipinski definition) is 6. The zero-order valence-corrected chi connectivity index (χ0v) is 22.4.